The van der Waals surface area contributed by atoms with Crippen LogP contribution in [0.25, 0.3) is 10.4 Å². The van der Waals surface area contributed by atoms with Crippen LogP contribution >= 0.6 is 11.3 Å². The molecule has 0 aliphatic carbocycles. The van der Waals surface area contributed by atoms with E-state index in [2.05, 4.69) is 41.5 Å². The molecule has 1 heterocycles. The molecule has 0 aliphatic heterocycles. The highest BCUT2D eigenvalue weighted by Gasteiger charge is 2.04. The Morgan fingerprint density at radius 1 is 1.41 bits per heavy atom. The topological polar surface area (TPSA) is 34.2 Å². The molecular formula is C13H16N2OS. The third-order valence-electron chi connectivity index (χ3n) is 2.36. The SMILES string of the molecule is CCNc1ncc(-c2cccc(COC)c2)s1. The number of hydrogen-bond acceptors (Lipinski definition) is 4. The van der Waals surface area contributed by atoms with Gasteiger partial charge in [-0.2, -0.15) is 0 Å². The number of nitrogens with zero attached hydrogens (tertiary/aromatic N) is 1. The van der Waals surface area contributed by atoms with Crippen molar-refractivity contribution in [2.45, 2.75) is 13.5 Å². The summed E-state index contributed by atoms with van der Waals surface area (Å²) in [6.07, 6.45) is 1.91. The first-order chi connectivity index (χ1) is 8.33. The summed E-state index contributed by atoms with van der Waals surface area (Å²) in [7, 11) is 1.71. The van der Waals surface area contributed by atoms with Crippen molar-refractivity contribution in [1.82, 2.24) is 4.98 Å². The largest absolute Gasteiger partial charge is 0.380 e. The van der Waals surface area contributed by atoms with E-state index in [-0.39, 0.29) is 0 Å². The van der Waals surface area contributed by atoms with Crippen LogP contribution in [0, 0.1) is 0 Å². The van der Waals surface area contributed by atoms with E-state index < -0.39 is 0 Å². The number of anilines is 1. The van der Waals surface area contributed by atoms with Crippen LogP contribution in [0.2, 0.25) is 0 Å². The molecule has 1 aromatic carbocycles. The second-order valence-electron chi connectivity index (χ2n) is 3.69. The fourth-order valence-electron chi connectivity index (χ4n) is 1.62. The Labute approximate surface area is 105 Å². The van der Waals surface area contributed by atoms with Crippen molar-refractivity contribution >= 4 is 16.5 Å². The molecule has 0 aliphatic rings. The fourth-order valence-corrected chi connectivity index (χ4v) is 2.50. The number of hydrogen-bond donors (Lipinski definition) is 1. The number of rotatable bonds is 5. The van der Waals surface area contributed by atoms with Gasteiger partial charge in [-0.1, -0.05) is 29.5 Å². The number of aromatic nitrogens is 1. The van der Waals surface area contributed by atoms with Gasteiger partial charge in [0.1, 0.15) is 0 Å². The van der Waals surface area contributed by atoms with Crippen molar-refractivity contribution in [3.63, 3.8) is 0 Å². The lowest BCUT2D eigenvalue weighted by Crippen LogP contribution is -1.94. The number of benzene rings is 1. The monoisotopic (exact) mass is 248 g/mol. The van der Waals surface area contributed by atoms with E-state index in [0.29, 0.717) is 6.61 Å². The van der Waals surface area contributed by atoms with E-state index in [1.54, 1.807) is 18.4 Å². The maximum absolute atomic E-state index is 5.14. The van der Waals surface area contributed by atoms with E-state index in [1.165, 1.54) is 16.0 Å². The average Bonchev–Trinajstić information content (AvgIpc) is 2.79. The number of thiazole rings is 1. The Morgan fingerprint density at radius 2 is 2.29 bits per heavy atom. The minimum atomic E-state index is 0.646. The predicted octanol–water partition coefficient (Wildman–Crippen LogP) is 3.39. The maximum atomic E-state index is 5.14. The van der Waals surface area contributed by atoms with E-state index >= 15 is 0 Å². The summed E-state index contributed by atoms with van der Waals surface area (Å²) in [5, 5.41) is 4.19. The summed E-state index contributed by atoms with van der Waals surface area (Å²) in [6.45, 7) is 3.61. The molecule has 90 valence electrons. The average molecular weight is 248 g/mol. The van der Waals surface area contributed by atoms with Crippen LogP contribution in [-0.2, 0) is 11.3 Å². The van der Waals surface area contributed by atoms with Gasteiger partial charge in [-0.25, -0.2) is 4.98 Å². The highest BCUT2D eigenvalue weighted by atomic mass is 32.1. The third-order valence-corrected chi connectivity index (χ3v) is 3.36. The van der Waals surface area contributed by atoms with Crippen molar-refractivity contribution in [2.75, 3.05) is 19.0 Å². The summed E-state index contributed by atoms with van der Waals surface area (Å²) < 4.78 is 5.14. The van der Waals surface area contributed by atoms with Gasteiger partial charge in [0.25, 0.3) is 0 Å². The minimum absolute atomic E-state index is 0.646. The Balaban J connectivity index is 2.22. The smallest absolute Gasteiger partial charge is 0.183 e. The molecule has 0 amide bonds. The molecule has 4 heteroatoms. The first kappa shape index (κ1) is 12.1. The quantitative estimate of drug-likeness (QED) is 0.880. The lowest BCUT2D eigenvalue weighted by molar-refractivity contribution is 0.185. The summed E-state index contributed by atoms with van der Waals surface area (Å²) in [5.41, 5.74) is 2.38. The highest BCUT2D eigenvalue weighted by Crippen LogP contribution is 2.29. The van der Waals surface area contributed by atoms with E-state index in [0.717, 1.165) is 11.7 Å². The molecule has 0 unspecified atom stereocenters. The first-order valence-electron chi connectivity index (χ1n) is 5.61. The molecule has 0 radical (unpaired) electrons. The van der Waals surface area contributed by atoms with Crippen molar-refractivity contribution < 1.29 is 4.74 Å². The number of ether oxygens (including phenoxy) is 1. The summed E-state index contributed by atoms with van der Waals surface area (Å²) in [5.74, 6) is 0. The third kappa shape index (κ3) is 3.05. The molecule has 2 aromatic rings. The molecular weight excluding hydrogens is 232 g/mol. The van der Waals surface area contributed by atoms with Crippen LogP contribution in [0.5, 0.6) is 0 Å². The van der Waals surface area contributed by atoms with Crippen molar-refractivity contribution in [3.8, 4) is 10.4 Å². The predicted molar refractivity (Wildman–Crippen MR) is 72.4 cm³/mol. The molecule has 1 N–H and O–H groups in total. The zero-order valence-corrected chi connectivity index (χ0v) is 10.9. The lowest BCUT2D eigenvalue weighted by atomic mass is 10.1. The Kier molecular flexibility index (Phi) is 4.12. The zero-order valence-electron chi connectivity index (χ0n) is 10.1. The van der Waals surface area contributed by atoms with Crippen molar-refractivity contribution in [1.29, 1.82) is 0 Å². The molecule has 0 spiro atoms. The molecule has 0 fully saturated rings. The lowest BCUT2D eigenvalue weighted by Gasteiger charge is -2.02. The second kappa shape index (κ2) is 5.80. The second-order valence-corrected chi connectivity index (χ2v) is 4.72. The van der Waals surface area contributed by atoms with Gasteiger partial charge in [-0.3, -0.25) is 0 Å². The van der Waals surface area contributed by atoms with Crippen LogP contribution in [-0.4, -0.2) is 18.6 Å². The zero-order chi connectivity index (χ0) is 12.1. The minimum Gasteiger partial charge on any atom is -0.380 e. The number of nitrogens with one attached hydrogen (secondary N) is 1. The van der Waals surface area contributed by atoms with Gasteiger partial charge in [0.2, 0.25) is 0 Å². The molecule has 3 nitrogen and oxygen atoms in total. The molecule has 0 bridgehead atoms. The standard InChI is InChI=1S/C13H16N2OS/c1-3-14-13-15-8-12(17-13)11-6-4-5-10(7-11)9-16-2/h4-8H,3,9H2,1-2H3,(H,14,15). The molecule has 0 atom stereocenters. The Bertz CT molecular complexity index is 482. The van der Waals surface area contributed by atoms with Crippen LogP contribution in [0.4, 0.5) is 5.13 Å². The van der Waals surface area contributed by atoms with Crippen LogP contribution in [0.1, 0.15) is 12.5 Å². The van der Waals surface area contributed by atoms with Gasteiger partial charge in [0.15, 0.2) is 5.13 Å². The van der Waals surface area contributed by atoms with E-state index in [4.69, 9.17) is 4.74 Å². The first-order valence-corrected chi connectivity index (χ1v) is 6.43. The van der Waals surface area contributed by atoms with Gasteiger partial charge in [-0.05, 0) is 24.1 Å². The van der Waals surface area contributed by atoms with Crippen molar-refractivity contribution in [2.24, 2.45) is 0 Å². The van der Waals surface area contributed by atoms with Gasteiger partial charge < -0.3 is 10.1 Å². The van der Waals surface area contributed by atoms with Crippen LogP contribution in [0.15, 0.2) is 30.5 Å². The van der Waals surface area contributed by atoms with Crippen molar-refractivity contribution in [3.05, 3.63) is 36.0 Å². The Morgan fingerprint density at radius 3 is 3.06 bits per heavy atom. The summed E-state index contributed by atoms with van der Waals surface area (Å²) in [4.78, 5) is 5.51. The fraction of sp³-hybridized carbons (Fsp3) is 0.308. The molecule has 17 heavy (non-hydrogen) atoms. The number of methoxy groups -OCH3 is 1. The highest BCUT2D eigenvalue weighted by molar-refractivity contribution is 7.18. The van der Waals surface area contributed by atoms with Gasteiger partial charge in [-0.15, -0.1) is 0 Å². The van der Waals surface area contributed by atoms with Gasteiger partial charge >= 0.3 is 0 Å². The normalized spacial score (nSPS) is 10.5. The molecule has 1 aromatic heterocycles. The van der Waals surface area contributed by atoms with Crippen LogP contribution < -0.4 is 5.32 Å². The molecule has 2 rings (SSSR count). The van der Waals surface area contributed by atoms with Crippen LogP contribution in [0.3, 0.4) is 0 Å². The maximum Gasteiger partial charge on any atom is 0.183 e. The Hall–Kier alpha value is -1.39. The van der Waals surface area contributed by atoms with Gasteiger partial charge in [0, 0.05) is 19.9 Å². The summed E-state index contributed by atoms with van der Waals surface area (Å²) in [6, 6.07) is 8.37. The van der Waals surface area contributed by atoms with Gasteiger partial charge in [0.05, 0.1) is 11.5 Å². The molecule has 0 saturated carbocycles. The van der Waals surface area contributed by atoms with E-state index in [1.807, 2.05) is 6.20 Å². The summed E-state index contributed by atoms with van der Waals surface area (Å²) >= 11 is 1.67. The van der Waals surface area contributed by atoms with E-state index in [9.17, 15) is 0 Å². The molecule has 0 saturated heterocycles.